The summed E-state index contributed by atoms with van der Waals surface area (Å²) in [6.07, 6.45) is 4.10. The number of anilines is 1. The third-order valence-electron chi connectivity index (χ3n) is 3.55. The van der Waals surface area contributed by atoms with E-state index in [4.69, 9.17) is 5.73 Å². The Morgan fingerprint density at radius 1 is 1.18 bits per heavy atom. The van der Waals surface area contributed by atoms with E-state index in [9.17, 15) is 0 Å². The first-order chi connectivity index (χ1) is 8.34. The molecule has 3 rings (SSSR count). The highest BCUT2D eigenvalue weighted by atomic mass is 32.1. The van der Waals surface area contributed by atoms with Gasteiger partial charge >= 0.3 is 0 Å². The Balaban J connectivity index is 1.87. The van der Waals surface area contributed by atoms with E-state index in [1.807, 2.05) is 6.07 Å². The summed E-state index contributed by atoms with van der Waals surface area (Å²) in [4.78, 5) is 2.56. The van der Waals surface area contributed by atoms with Crippen molar-refractivity contribution in [2.75, 3.05) is 18.8 Å². The van der Waals surface area contributed by atoms with Crippen LogP contribution in [0, 0.1) is 0 Å². The minimum Gasteiger partial charge on any atom is -0.398 e. The highest BCUT2D eigenvalue weighted by Crippen LogP contribution is 2.31. The van der Waals surface area contributed by atoms with Crippen molar-refractivity contribution in [3.8, 4) is 0 Å². The van der Waals surface area contributed by atoms with Gasteiger partial charge in [0.2, 0.25) is 0 Å². The molecule has 0 aliphatic carbocycles. The lowest BCUT2D eigenvalue weighted by atomic mass is 10.1. The third-order valence-corrected chi connectivity index (χ3v) is 4.65. The van der Waals surface area contributed by atoms with Crippen LogP contribution in [0.4, 0.5) is 5.69 Å². The molecule has 1 saturated heterocycles. The maximum absolute atomic E-state index is 6.00. The van der Waals surface area contributed by atoms with Crippen molar-refractivity contribution >= 4 is 27.1 Å². The van der Waals surface area contributed by atoms with Gasteiger partial charge in [0.25, 0.3) is 0 Å². The highest BCUT2D eigenvalue weighted by molar-refractivity contribution is 7.18. The molecule has 90 valence electrons. The van der Waals surface area contributed by atoms with Gasteiger partial charge in [0.05, 0.1) is 4.70 Å². The van der Waals surface area contributed by atoms with Gasteiger partial charge in [-0.15, -0.1) is 11.3 Å². The first kappa shape index (κ1) is 11.1. The molecule has 1 aliphatic heterocycles. The van der Waals surface area contributed by atoms with Crippen LogP contribution in [0.25, 0.3) is 10.1 Å². The molecule has 0 amide bonds. The van der Waals surface area contributed by atoms with Gasteiger partial charge in [-0.1, -0.05) is 18.6 Å². The number of nitrogens with two attached hydrogens (primary N) is 1. The van der Waals surface area contributed by atoms with Gasteiger partial charge in [-0.2, -0.15) is 0 Å². The van der Waals surface area contributed by atoms with E-state index < -0.39 is 0 Å². The summed E-state index contributed by atoms with van der Waals surface area (Å²) in [6, 6.07) is 6.25. The third kappa shape index (κ3) is 2.17. The summed E-state index contributed by atoms with van der Waals surface area (Å²) >= 11 is 1.78. The van der Waals surface area contributed by atoms with Crippen LogP contribution in [0.1, 0.15) is 24.8 Å². The summed E-state index contributed by atoms with van der Waals surface area (Å²) in [5.41, 5.74) is 8.36. The lowest BCUT2D eigenvalue weighted by molar-refractivity contribution is 0.222. The Bertz CT molecular complexity index is 512. The van der Waals surface area contributed by atoms with Crippen molar-refractivity contribution in [3.63, 3.8) is 0 Å². The topological polar surface area (TPSA) is 29.3 Å². The second kappa shape index (κ2) is 4.67. The molecule has 1 aromatic heterocycles. The molecule has 0 bridgehead atoms. The zero-order valence-corrected chi connectivity index (χ0v) is 10.8. The molecule has 0 saturated carbocycles. The summed E-state index contributed by atoms with van der Waals surface area (Å²) in [5.74, 6) is 0. The number of rotatable bonds is 2. The second-order valence-corrected chi connectivity index (χ2v) is 5.70. The van der Waals surface area contributed by atoms with E-state index in [-0.39, 0.29) is 0 Å². The van der Waals surface area contributed by atoms with Crippen molar-refractivity contribution in [1.82, 2.24) is 4.90 Å². The Morgan fingerprint density at radius 2 is 2.00 bits per heavy atom. The van der Waals surface area contributed by atoms with Crippen molar-refractivity contribution in [3.05, 3.63) is 29.1 Å². The SMILES string of the molecule is Nc1cccc2c(CN3CCCCC3)csc12. The fraction of sp³-hybridized carbons (Fsp3) is 0.429. The predicted octanol–water partition coefficient (Wildman–Crippen LogP) is 3.47. The maximum Gasteiger partial charge on any atom is 0.0575 e. The normalized spacial score (nSPS) is 17.6. The molecule has 1 aromatic carbocycles. The van der Waals surface area contributed by atoms with Crippen LogP contribution in [0.3, 0.4) is 0 Å². The van der Waals surface area contributed by atoms with E-state index in [1.165, 1.54) is 48.0 Å². The molecule has 0 spiro atoms. The quantitative estimate of drug-likeness (QED) is 0.822. The highest BCUT2D eigenvalue weighted by Gasteiger charge is 2.13. The van der Waals surface area contributed by atoms with Gasteiger partial charge in [-0.3, -0.25) is 4.90 Å². The number of benzene rings is 1. The van der Waals surface area contributed by atoms with Crippen molar-refractivity contribution in [1.29, 1.82) is 0 Å². The number of likely N-dealkylation sites (tertiary alicyclic amines) is 1. The molecule has 2 heterocycles. The van der Waals surface area contributed by atoms with Crippen LogP contribution >= 0.6 is 11.3 Å². The monoisotopic (exact) mass is 246 g/mol. The van der Waals surface area contributed by atoms with Crippen LogP contribution in [-0.2, 0) is 6.54 Å². The number of nitrogen functional groups attached to an aromatic ring is 1. The minimum absolute atomic E-state index is 0.914. The minimum atomic E-state index is 0.914. The van der Waals surface area contributed by atoms with E-state index in [1.54, 1.807) is 11.3 Å². The number of thiophene rings is 1. The molecule has 17 heavy (non-hydrogen) atoms. The Kier molecular flexibility index (Phi) is 3.04. The van der Waals surface area contributed by atoms with Gasteiger partial charge in [-0.25, -0.2) is 0 Å². The van der Waals surface area contributed by atoms with Crippen molar-refractivity contribution in [2.24, 2.45) is 0 Å². The molecule has 3 heteroatoms. The fourth-order valence-corrected chi connectivity index (χ4v) is 3.61. The standard InChI is InChI=1S/C14H18N2S/c15-13-6-4-5-12-11(10-17-14(12)13)9-16-7-2-1-3-8-16/h4-6,10H,1-3,7-9,15H2. The summed E-state index contributed by atoms with van der Waals surface area (Å²) < 4.78 is 1.25. The molecular formula is C14H18N2S. The number of fused-ring (bicyclic) bond motifs is 1. The predicted molar refractivity (Wildman–Crippen MR) is 75.4 cm³/mol. The van der Waals surface area contributed by atoms with Gasteiger partial charge in [-0.05, 0) is 48.3 Å². The molecule has 0 unspecified atom stereocenters. The van der Waals surface area contributed by atoms with Crippen molar-refractivity contribution in [2.45, 2.75) is 25.8 Å². The average molecular weight is 246 g/mol. The van der Waals surface area contributed by atoms with Gasteiger partial charge in [0.1, 0.15) is 0 Å². The van der Waals surface area contributed by atoms with Crippen LogP contribution < -0.4 is 5.73 Å². The largest absolute Gasteiger partial charge is 0.398 e. The smallest absolute Gasteiger partial charge is 0.0575 e. The first-order valence-electron chi connectivity index (χ1n) is 6.31. The van der Waals surface area contributed by atoms with Crippen molar-refractivity contribution < 1.29 is 0 Å². The molecule has 2 nitrogen and oxygen atoms in total. The summed E-state index contributed by atoms with van der Waals surface area (Å²) in [7, 11) is 0. The number of hydrogen-bond acceptors (Lipinski definition) is 3. The average Bonchev–Trinajstić information content (AvgIpc) is 2.76. The molecule has 2 N–H and O–H groups in total. The van der Waals surface area contributed by atoms with Gasteiger partial charge < -0.3 is 5.73 Å². The Hall–Kier alpha value is -1.06. The molecule has 1 fully saturated rings. The van der Waals surface area contributed by atoms with Crippen LogP contribution in [0.2, 0.25) is 0 Å². The zero-order valence-electron chi connectivity index (χ0n) is 9.98. The molecular weight excluding hydrogens is 228 g/mol. The number of hydrogen-bond donors (Lipinski definition) is 1. The van der Waals surface area contributed by atoms with Crippen LogP contribution in [0.5, 0.6) is 0 Å². The van der Waals surface area contributed by atoms with E-state index in [0.717, 1.165) is 12.2 Å². The first-order valence-corrected chi connectivity index (χ1v) is 7.19. The lowest BCUT2D eigenvalue weighted by Crippen LogP contribution is -2.28. The fourth-order valence-electron chi connectivity index (χ4n) is 2.61. The number of nitrogens with zero attached hydrogens (tertiary/aromatic N) is 1. The second-order valence-electron chi connectivity index (χ2n) is 4.82. The maximum atomic E-state index is 6.00. The Morgan fingerprint density at radius 3 is 2.82 bits per heavy atom. The lowest BCUT2D eigenvalue weighted by Gasteiger charge is -2.26. The van der Waals surface area contributed by atoms with E-state index >= 15 is 0 Å². The molecule has 0 radical (unpaired) electrons. The van der Waals surface area contributed by atoms with E-state index in [0.29, 0.717) is 0 Å². The number of piperidine rings is 1. The van der Waals surface area contributed by atoms with E-state index in [2.05, 4.69) is 22.4 Å². The van der Waals surface area contributed by atoms with Crippen LogP contribution in [0.15, 0.2) is 23.6 Å². The summed E-state index contributed by atoms with van der Waals surface area (Å²) in [5, 5.41) is 3.62. The molecule has 2 aromatic rings. The van der Waals surface area contributed by atoms with Gasteiger partial charge in [0, 0.05) is 12.2 Å². The Labute approximate surface area is 106 Å². The molecule has 0 atom stereocenters. The van der Waals surface area contributed by atoms with Gasteiger partial charge in [0.15, 0.2) is 0 Å². The zero-order chi connectivity index (χ0) is 11.7. The molecule has 1 aliphatic rings. The summed E-state index contributed by atoms with van der Waals surface area (Å²) in [6.45, 7) is 3.59. The van der Waals surface area contributed by atoms with Crippen LogP contribution in [-0.4, -0.2) is 18.0 Å².